The molecule has 1 heterocycles. The van der Waals surface area contributed by atoms with E-state index in [0.717, 1.165) is 17.0 Å². The number of allylic oxidation sites excluding steroid dienone is 1. The Bertz CT molecular complexity index is 625. The van der Waals surface area contributed by atoms with Crippen LogP contribution in [0.3, 0.4) is 0 Å². The number of nitrogens with one attached hydrogen (secondary N) is 1. The molecule has 23 heavy (non-hydrogen) atoms. The Hall–Kier alpha value is -2.08. The third kappa shape index (κ3) is 3.64. The average molecular weight is 334 g/mol. The lowest BCUT2D eigenvalue weighted by Crippen LogP contribution is -2.46. The highest BCUT2D eigenvalue weighted by atomic mass is 32.1. The second-order valence-electron chi connectivity index (χ2n) is 5.16. The molecule has 1 unspecified atom stereocenters. The molecule has 124 valence electrons. The summed E-state index contributed by atoms with van der Waals surface area (Å²) in [6.45, 7) is 6.56. The smallest absolute Gasteiger partial charge is 0.338 e. The van der Waals surface area contributed by atoms with Crippen LogP contribution in [0.5, 0.6) is 5.75 Å². The number of esters is 1. The molecular formula is C17H22N2O3S. The van der Waals surface area contributed by atoms with Gasteiger partial charge in [-0.15, -0.1) is 0 Å². The second-order valence-corrected chi connectivity index (χ2v) is 5.55. The highest BCUT2D eigenvalue weighted by Crippen LogP contribution is 2.31. The number of carbonyl (C=O) groups is 1. The van der Waals surface area contributed by atoms with Crippen molar-refractivity contribution in [3.05, 3.63) is 41.1 Å². The third-order valence-electron chi connectivity index (χ3n) is 3.77. The molecule has 0 aromatic heterocycles. The van der Waals surface area contributed by atoms with Crippen molar-refractivity contribution in [3.8, 4) is 5.75 Å². The predicted molar refractivity (Wildman–Crippen MR) is 93.2 cm³/mol. The number of nitrogens with zero attached hydrogens (tertiary/aromatic N) is 1. The topological polar surface area (TPSA) is 50.8 Å². The summed E-state index contributed by atoms with van der Waals surface area (Å²) >= 11 is 5.36. The summed E-state index contributed by atoms with van der Waals surface area (Å²) in [5.74, 6) is 0.468. The molecular weight excluding hydrogens is 312 g/mol. The van der Waals surface area contributed by atoms with Gasteiger partial charge in [-0.2, -0.15) is 0 Å². The number of benzene rings is 1. The molecule has 0 radical (unpaired) electrons. The van der Waals surface area contributed by atoms with Crippen LogP contribution in [0.15, 0.2) is 35.5 Å². The molecule has 0 spiro atoms. The lowest BCUT2D eigenvalue weighted by molar-refractivity contribution is -0.139. The van der Waals surface area contributed by atoms with E-state index < -0.39 is 0 Å². The van der Waals surface area contributed by atoms with Crippen molar-refractivity contribution >= 4 is 23.3 Å². The van der Waals surface area contributed by atoms with E-state index in [1.165, 1.54) is 0 Å². The molecule has 1 aliphatic heterocycles. The van der Waals surface area contributed by atoms with Gasteiger partial charge in [-0.3, -0.25) is 0 Å². The van der Waals surface area contributed by atoms with Gasteiger partial charge in [0.1, 0.15) is 5.75 Å². The summed E-state index contributed by atoms with van der Waals surface area (Å²) in [5.41, 5.74) is 2.31. The van der Waals surface area contributed by atoms with E-state index >= 15 is 0 Å². The van der Waals surface area contributed by atoms with Crippen molar-refractivity contribution in [3.63, 3.8) is 0 Å². The van der Waals surface area contributed by atoms with Crippen molar-refractivity contribution in [1.82, 2.24) is 10.2 Å². The van der Waals surface area contributed by atoms with E-state index in [0.29, 0.717) is 23.9 Å². The highest BCUT2D eigenvalue weighted by molar-refractivity contribution is 7.80. The number of ether oxygens (including phenoxy) is 2. The zero-order valence-electron chi connectivity index (χ0n) is 13.9. The maximum absolute atomic E-state index is 12.4. The van der Waals surface area contributed by atoms with Gasteiger partial charge in [0, 0.05) is 12.7 Å². The minimum Gasteiger partial charge on any atom is -0.494 e. The minimum absolute atomic E-state index is 0.326. The first-order chi connectivity index (χ1) is 11.0. The molecule has 0 saturated heterocycles. The summed E-state index contributed by atoms with van der Waals surface area (Å²) in [4.78, 5) is 14.2. The predicted octanol–water partition coefficient (Wildman–Crippen LogP) is 2.78. The van der Waals surface area contributed by atoms with Gasteiger partial charge in [-0.25, -0.2) is 4.79 Å². The normalized spacial score (nSPS) is 17.8. The van der Waals surface area contributed by atoms with E-state index in [9.17, 15) is 4.79 Å². The van der Waals surface area contributed by atoms with Gasteiger partial charge < -0.3 is 19.7 Å². The zero-order valence-corrected chi connectivity index (χ0v) is 14.7. The van der Waals surface area contributed by atoms with E-state index in [1.54, 1.807) is 11.8 Å². The largest absolute Gasteiger partial charge is 0.494 e. The minimum atomic E-state index is -0.328. The molecule has 6 heteroatoms. The van der Waals surface area contributed by atoms with Gasteiger partial charge in [0.05, 0.1) is 24.8 Å². The van der Waals surface area contributed by atoms with Gasteiger partial charge in [0.25, 0.3) is 0 Å². The van der Waals surface area contributed by atoms with Crippen molar-refractivity contribution in [1.29, 1.82) is 0 Å². The molecule has 5 nitrogen and oxygen atoms in total. The monoisotopic (exact) mass is 334 g/mol. The third-order valence-corrected chi connectivity index (χ3v) is 4.17. The van der Waals surface area contributed by atoms with Gasteiger partial charge in [-0.05, 0) is 50.7 Å². The molecule has 2 rings (SSSR count). The maximum Gasteiger partial charge on any atom is 0.338 e. The summed E-state index contributed by atoms with van der Waals surface area (Å²) in [5, 5.41) is 3.79. The number of rotatable bonds is 5. The maximum atomic E-state index is 12.4. The second kappa shape index (κ2) is 7.46. The number of hydrogen-bond donors (Lipinski definition) is 1. The molecule has 1 atom stereocenters. The van der Waals surface area contributed by atoms with Crippen LogP contribution in [0, 0.1) is 0 Å². The van der Waals surface area contributed by atoms with E-state index in [2.05, 4.69) is 5.32 Å². The molecule has 1 aliphatic rings. The molecule has 1 N–H and O–H groups in total. The molecule has 1 aromatic carbocycles. The summed E-state index contributed by atoms with van der Waals surface area (Å²) < 4.78 is 10.7. The van der Waals surface area contributed by atoms with Crippen LogP contribution in [0.25, 0.3) is 0 Å². The van der Waals surface area contributed by atoms with E-state index in [-0.39, 0.29) is 12.0 Å². The fraction of sp³-hybridized carbons (Fsp3) is 0.412. The summed E-state index contributed by atoms with van der Waals surface area (Å²) in [7, 11) is 1.83. The Morgan fingerprint density at radius 2 is 1.91 bits per heavy atom. The van der Waals surface area contributed by atoms with Gasteiger partial charge in [0.15, 0.2) is 5.11 Å². The first-order valence-corrected chi connectivity index (χ1v) is 8.05. The number of hydrogen-bond acceptors (Lipinski definition) is 4. The van der Waals surface area contributed by atoms with E-state index in [1.807, 2.05) is 45.2 Å². The number of thiocarbonyl (C=S) groups is 1. The fourth-order valence-electron chi connectivity index (χ4n) is 2.48. The molecule has 0 saturated carbocycles. The molecule has 0 bridgehead atoms. The highest BCUT2D eigenvalue weighted by Gasteiger charge is 2.33. The fourth-order valence-corrected chi connectivity index (χ4v) is 2.74. The zero-order chi connectivity index (χ0) is 17.0. The molecule has 0 amide bonds. The van der Waals surface area contributed by atoms with Crippen molar-refractivity contribution in [2.75, 3.05) is 20.3 Å². The van der Waals surface area contributed by atoms with Crippen LogP contribution in [0.4, 0.5) is 0 Å². The first kappa shape index (κ1) is 17.3. The van der Waals surface area contributed by atoms with Crippen LogP contribution < -0.4 is 10.1 Å². The van der Waals surface area contributed by atoms with Crippen LogP contribution in [0.2, 0.25) is 0 Å². The van der Waals surface area contributed by atoms with Crippen LogP contribution >= 0.6 is 12.2 Å². The average Bonchev–Trinajstić information content (AvgIpc) is 2.53. The Balaban J connectivity index is 2.40. The quantitative estimate of drug-likeness (QED) is 0.660. The SMILES string of the molecule is CCOC(=O)C1=C(C)N(C)C(=S)NC1c1ccc(OCC)cc1. The number of carbonyl (C=O) groups excluding carboxylic acids is 1. The Morgan fingerprint density at radius 3 is 2.48 bits per heavy atom. The van der Waals surface area contributed by atoms with Crippen LogP contribution in [-0.4, -0.2) is 36.2 Å². The van der Waals surface area contributed by atoms with Crippen LogP contribution in [0.1, 0.15) is 32.4 Å². The standard InChI is InChI=1S/C17H22N2O3S/c1-5-21-13-9-7-12(8-10-13)15-14(16(20)22-6-2)11(3)19(4)17(23)18-15/h7-10,15H,5-6H2,1-4H3,(H,18,23). The van der Waals surface area contributed by atoms with Crippen molar-refractivity contribution in [2.24, 2.45) is 0 Å². The Labute approximate surface area is 142 Å². The van der Waals surface area contributed by atoms with Crippen LogP contribution in [-0.2, 0) is 9.53 Å². The summed E-state index contributed by atoms with van der Waals surface area (Å²) in [6, 6.07) is 7.32. The Kier molecular flexibility index (Phi) is 5.60. The molecule has 0 fully saturated rings. The lowest BCUT2D eigenvalue weighted by Gasteiger charge is -2.35. The van der Waals surface area contributed by atoms with Crippen molar-refractivity contribution < 1.29 is 14.3 Å². The first-order valence-electron chi connectivity index (χ1n) is 7.64. The van der Waals surface area contributed by atoms with E-state index in [4.69, 9.17) is 21.7 Å². The molecule has 1 aromatic rings. The lowest BCUT2D eigenvalue weighted by atomic mass is 9.95. The van der Waals surface area contributed by atoms with Gasteiger partial charge >= 0.3 is 5.97 Å². The summed E-state index contributed by atoms with van der Waals surface area (Å²) in [6.07, 6.45) is 0. The van der Waals surface area contributed by atoms with Crippen molar-refractivity contribution in [2.45, 2.75) is 26.8 Å². The molecule has 0 aliphatic carbocycles. The van der Waals surface area contributed by atoms with Gasteiger partial charge in [0.2, 0.25) is 0 Å². The Morgan fingerprint density at radius 1 is 1.26 bits per heavy atom. The van der Waals surface area contributed by atoms with Gasteiger partial charge in [-0.1, -0.05) is 12.1 Å².